The largest absolute Gasteiger partial charge is 0.370 e. The van der Waals surface area contributed by atoms with Crippen LogP contribution in [0.25, 0.3) is 10.2 Å². The summed E-state index contributed by atoms with van der Waals surface area (Å²) in [7, 11) is 0. The molecule has 0 radical (unpaired) electrons. The van der Waals surface area contributed by atoms with Crippen molar-refractivity contribution < 1.29 is 4.79 Å². The third kappa shape index (κ3) is 3.95. The maximum absolute atomic E-state index is 12.5. The first kappa shape index (κ1) is 18.5. The highest BCUT2D eigenvalue weighted by atomic mass is 32.1. The van der Waals surface area contributed by atoms with Crippen molar-refractivity contribution in [1.29, 1.82) is 0 Å². The van der Waals surface area contributed by atoms with Crippen LogP contribution in [0.4, 0.5) is 22.9 Å². The van der Waals surface area contributed by atoms with Gasteiger partial charge in [-0.15, -0.1) is 16.4 Å². The molecular formula is C22H20N6OS. The monoisotopic (exact) mass is 416 g/mol. The molecule has 1 aliphatic heterocycles. The number of aromatic nitrogens is 3. The van der Waals surface area contributed by atoms with Gasteiger partial charge in [0.15, 0.2) is 10.8 Å². The number of rotatable bonds is 5. The molecule has 5 rings (SSSR count). The summed E-state index contributed by atoms with van der Waals surface area (Å²) in [6, 6.07) is 17.3. The number of thiazole rings is 1. The molecule has 0 aliphatic carbocycles. The molecule has 7 nitrogen and oxygen atoms in total. The SMILES string of the molecule is O=C(Nc1ccc(Nc2cc(N3CCCC3)cnn2)cc1)c1nc2ccccc2s1. The first-order chi connectivity index (χ1) is 14.7. The lowest BCUT2D eigenvalue weighted by Crippen LogP contribution is -2.18. The Balaban J connectivity index is 1.25. The van der Waals surface area contributed by atoms with Crippen molar-refractivity contribution in [2.45, 2.75) is 12.8 Å². The van der Waals surface area contributed by atoms with Gasteiger partial charge in [0.1, 0.15) is 0 Å². The normalized spacial score (nSPS) is 13.5. The second kappa shape index (κ2) is 8.08. The van der Waals surface area contributed by atoms with Gasteiger partial charge in [0.05, 0.1) is 22.1 Å². The van der Waals surface area contributed by atoms with E-state index in [-0.39, 0.29) is 5.91 Å². The van der Waals surface area contributed by atoms with Gasteiger partial charge in [-0.25, -0.2) is 4.98 Å². The first-order valence-electron chi connectivity index (χ1n) is 9.86. The smallest absolute Gasteiger partial charge is 0.284 e. The molecule has 0 atom stereocenters. The fourth-order valence-corrected chi connectivity index (χ4v) is 4.37. The minimum atomic E-state index is -0.207. The van der Waals surface area contributed by atoms with Gasteiger partial charge in [-0.2, -0.15) is 5.10 Å². The fourth-order valence-electron chi connectivity index (χ4n) is 3.50. The summed E-state index contributed by atoms with van der Waals surface area (Å²) in [6.45, 7) is 2.13. The van der Waals surface area contributed by atoms with Gasteiger partial charge in [0, 0.05) is 30.5 Å². The number of hydrogen-bond donors (Lipinski definition) is 2. The van der Waals surface area contributed by atoms with E-state index in [4.69, 9.17) is 0 Å². The van der Waals surface area contributed by atoms with Crippen LogP contribution < -0.4 is 15.5 Å². The first-order valence-corrected chi connectivity index (χ1v) is 10.7. The summed E-state index contributed by atoms with van der Waals surface area (Å²) in [5.41, 5.74) is 3.51. The maximum Gasteiger partial charge on any atom is 0.284 e. The minimum Gasteiger partial charge on any atom is -0.370 e. The fraction of sp³-hybridized carbons (Fsp3) is 0.182. The van der Waals surface area contributed by atoms with Crippen molar-refractivity contribution in [2.75, 3.05) is 28.6 Å². The van der Waals surface area contributed by atoms with Crippen LogP contribution in [-0.2, 0) is 0 Å². The van der Waals surface area contributed by atoms with Crippen LogP contribution in [0.5, 0.6) is 0 Å². The average Bonchev–Trinajstić information content (AvgIpc) is 3.45. The van der Waals surface area contributed by atoms with Crippen LogP contribution in [0.3, 0.4) is 0 Å². The molecule has 0 bridgehead atoms. The number of nitrogens with one attached hydrogen (secondary N) is 2. The summed E-state index contributed by atoms with van der Waals surface area (Å²) in [4.78, 5) is 19.2. The topological polar surface area (TPSA) is 83.0 Å². The Labute approximate surface area is 177 Å². The van der Waals surface area contributed by atoms with E-state index in [0.29, 0.717) is 16.5 Å². The molecule has 3 heterocycles. The van der Waals surface area contributed by atoms with Crippen LogP contribution in [-0.4, -0.2) is 34.2 Å². The molecule has 2 aromatic carbocycles. The number of fused-ring (bicyclic) bond motifs is 1. The summed E-state index contributed by atoms with van der Waals surface area (Å²) < 4.78 is 1.000. The van der Waals surface area contributed by atoms with E-state index in [1.54, 1.807) is 6.20 Å². The van der Waals surface area contributed by atoms with Gasteiger partial charge in [-0.1, -0.05) is 12.1 Å². The quantitative estimate of drug-likeness (QED) is 0.491. The van der Waals surface area contributed by atoms with E-state index in [2.05, 4.69) is 30.7 Å². The maximum atomic E-state index is 12.5. The van der Waals surface area contributed by atoms with Gasteiger partial charge in [0.2, 0.25) is 0 Å². The molecule has 4 aromatic rings. The molecule has 1 saturated heterocycles. The second-order valence-corrected chi connectivity index (χ2v) is 8.17. The number of anilines is 4. The van der Waals surface area contributed by atoms with E-state index in [0.717, 1.165) is 34.7 Å². The molecule has 1 amide bonds. The zero-order valence-corrected chi connectivity index (χ0v) is 17.0. The Morgan fingerprint density at radius 1 is 1.00 bits per heavy atom. The standard InChI is InChI=1S/C22H20N6OS/c29-21(22-26-18-5-1-2-6-19(18)30-22)25-16-9-7-15(8-10-16)24-20-13-17(14-23-27-20)28-11-3-4-12-28/h1-2,5-10,13-14H,3-4,11-12H2,(H,24,27)(H,25,29). The van der Waals surface area contributed by atoms with Crippen LogP contribution in [0.15, 0.2) is 60.8 Å². The van der Waals surface area contributed by atoms with Crippen molar-refractivity contribution in [3.05, 3.63) is 65.8 Å². The molecule has 0 unspecified atom stereocenters. The van der Waals surface area contributed by atoms with E-state index < -0.39 is 0 Å². The van der Waals surface area contributed by atoms with E-state index in [1.807, 2.05) is 54.6 Å². The Kier molecular flexibility index (Phi) is 4.98. The number of para-hydroxylation sites is 1. The number of amides is 1. The highest BCUT2D eigenvalue weighted by Crippen LogP contribution is 2.25. The molecule has 1 aliphatic rings. The average molecular weight is 417 g/mol. The lowest BCUT2D eigenvalue weighted by Gasteiger charge is -2.17. The number of benzene rings is 2. The molecule has 1 fully saturated rings. The van der Waals surface area contributed by atoms with E-state index in [1.165, 1.54) is 24.2 Å². The lowest BCUT2D eigenvalue weighted by atomic mass is 10.2. The van der Waals surface area contributed by atoms with Gasteiger partial charge < -0.3 is 15.5 Å². The minimum absolute atomic E-state index is 0.207. The molecule has 8 heteroatoms. The number of hydrogen-bond acceptors (Lipinski definition) is 7. The molecule has 0 spiro atoms. The third-order valence-electron chi connectivity index (χ3n) is 5.01. The van der Waals surface area contributed by atoms with Crippen molar-refractivity contribution >= 4 is 50.3 Å². The molecule has 2 aromatic heterocycles. The lowest BCUT2D eigenvalue weighted by molar-refractivity contribution is 0.102. The van der Waals surface area contributed by atoms with Crippen LogP contribution in [0.2, 0.25) is 0 Å². The Morgan fingerprint density at radius 2 is 1.77 bits per heavy atom. The highest BCUT2D eigenvalue weighted by Gasteiger charge is 2.14. The summed E-state index contributed by atoms with van der Waals surface area (Å²) >= 11 is 1.39. The van der Waals surface area contributed by atoms with Crippen molar-refractivity contribution in [3.63, 3.8) is 0 Å². The van der Waals surface area contributed by atoms with E-state index in [9.17, 15) is 4.79 Å². The predicted octanol–water partition coefficient (Wildman–Crippen LogP) is 4.68. The summed E-state index contributed by atoms with van der Waals surface area (Å²) in [5.74, 6) is 0.492. The van der Waals surface area contributed by atoms with E-state index >= 15 is 0 Å². The Morgan fingerprint density at radius 3 is 2.57 bits per heavy atom. The Hall–Kier alpha value is -3.52. The van der Waals surface area contributed by atoms with Crippen LogP contribution in [0, 0.1) is 0 Å². The van der Waals surface area contributed by atoms with Crippen molar-refractivity contribution in [1.82, 2.24) is 15.2 Å². The summed E-state index contributed by atoms with van der Waals surface area (Å²) in [5, 5.41) is 14.9. The molecular weight excluding hydrogens is 396 g/mol. The number of nitrogens with zero attached hydrogens (tertiary/aromatic N) is 4. The van der Waals surface area contributed by atoms with Gasteiger partial charge in [-0.3, -0.25) is 4.79 Å². The molecule has 0 saturated carbocycles. The summed E-state index contributed by atoms with van der Waals surface area (Å²) in [6.07, 6.45) is 4.24. The van der Waals surface area contributed by atoms with Gasteiger partial charge in [0.25, 0.3) is 5.91 Å². The zero-order chi connectivity index (χ0) is 20.3. The van der Waals surface area contributed by atoms with Crippen molar-refractivity contribution in [2.24, 2.45) is 0 Å². The third-order valence-corrected chi connectivity index (χ3v) is 6.05. The van der Waals surface area contributed by atoms with Crippen LogP contribution in [0.1, 0.15) is 22.6 Å². The molecule has 2 N–H and O–H groups in total. The predicted molar refractivity (Wildman–Crippen MR) is 121 cm³/mol. The van der Waals surface area contributed by atoms with Gasteiger partial charge >= 0.3 is 0 Å². The van der Waals surface area contributed by atoms with Crippen molar-refractivity contribution in [3.8, 4) is 0 Å². The number of carbonyl (C=O) groups is 1. The second-order valence-electron chi connectivity index (χ2n) is 7.14. The molecule has 150 valence electrons. The Bertz CT molecular complexity index is 1150. The zero-order valence-electron chi connectivity index (χ0n) is 16.2. The van der Waals surface area contributed by atoms with Crippen LogP contribution >= 0.6 is 11.3 Å². The number of carbonyl (C=O) groups excluding carboxylic acids is 1. The van der Waals surface area contributed by atoms with Gasteiger partial charge in [-0.05, 0) is 49.2 Å². The highest BCUT2D eigenvalue weighted by molar-refractivity contribution is 7.20. The molecule has 30 heavy (non-hydrogen) atoms.